The number of hydrogen-bond donors (Lipinski definition) is 1. The molecular formula is C33H28ClN3O5S2. The first-order valence-corrected chi connectivity index (χ1v) is 16.1. The third kappa shape index (κ3) is 6.83. The molecule has 0 bridgehead atoms. The largest absolute Gasteiger partial charge is 0.452 e. The second-order valence-electron chi connectivity index (χ2n) is 10.0. The van der Waals surface area contributed by atoms with Gasteiger partial charge in [-0.1, -0.05) is 101 Å². The van der Waals surface area contributed by atoms with Crippen LogP contribution in [-0.2, 0) is 19.6 Å². The van der Waals surface area contributed by atoms with Crippen LogP contribution in [0.5, 0.6) is 0 Å². The van der Waals surface area contributed by atoms with Gasteiger partial charge >= 0.3 is 5.97 Å². The zero-order valence-corrected chi connectivity index (χ0v) is 26.5. The second-order valence-corrected chi connectivity index (χ2v) is 13.4. The summed E-state index contributed by atoms with van der Waals surface area (Å²) in [5.74, 6) is -1.55. The molecule has 44 heavy (non-hydrogen) atoms. The average Bonchev–Trinajstić information content (AvgIpc) is 3.44. The maximum atomic E-state index is 13.2. The molecule has 0 aliphatic heterocycles. The van der Waals surface area contributed by atoms with Crippen LogP contribution < -0.4 is 9.62 Å². The van der Waals surface area contributed by atoms with Crippen molar-refractivity contribution in [2.45, 2.75) is 18.7 Å². The first-order chi connectivity index (χ1) is 21.0. The Bertz CT molecular complexity index is 1860. The first kappa shape index (κ1) is 30.9. The van der Waals surface area contributed by atoms with E-state index in [1.54, 1.807) is 30.3 Å². The molecule has 5 rings (SSSR count). The van der Waals surface area contributed by atoms with Gasteiger partial charge in [-0.25, -0.2) is 18.2 Å². The molecule has 1 aromatic heterocycles. The number of sulfonamides is 1. The van der Waals surface area contributed by atoms with Gasteiger partial charge in [-0.15, -0.1) is 0 Å². The van der Waals surface area contributed by atoms with Crippen molar-refractivity contribution in [1.29, 1.82) is 0 Å². The molecule has 0 atom stereocenters. The molecule has 0 radical (unpaired) electrons. The van der Waals surface area contributed by atoms with E-state index < -0.39 is 28.5 Å². The summed E-state index contributed by atoms with van der Waals surface area (Å²) in [5.41, 5.74) is 5.08. The molecule has 5 aromatic rings. The molecule has 224 valence electrons. The molecule has 0 saturated carbocycles. The van der Waals surface area contributed by atoms with E-state index in [9.17, 15) is 18.0 Å². The summed E-state index contributed by atoms with van der Waals surface area (Å²) < 4.78 is 32.8. The first-order valence-electron chi connectivity index (χ1n) is 13.5. The number of carbonyl (C=O) groups is 2. The summed E-state index contributed by atoms with van der Waals surface area (Å²) in [6.45, 7) is 3.38. The molecule has 0 saturated heterocycles. The predicted molar refractivity (Wildman–Crippen MR) is 175 cm³/mol. The molecular weight excluding hydrogens is 618 g/mol. The van der Waals surface area contributed by atoms with Gasteiger partial charge in [0.25, 0.3) is 15.9 Å². The fourth-order valence-electron chi connectivity index (χ4n) is 4.30. The normalized spacial score (nSPS) is 11.2. The summed E-state index contributed by atoms with van der Waals surface area (Å²) >= 11 is 7.53. The Morgan fingerprint density at radius 3 is 2.14 bits per heavy atom. The number of nitrogens with one attached hydrogen (secondary N) is 1. The summed E-state index contributed by atoms with van der Waals surface area (Å²) in [6.07, 6.45) is 0. The number of para-hydroxylation sites is 1. The van der Waals surface area contributed by atoms with Gasteiger partial charge in [0.2, 0.25) is 0 Å². The van der Waals surface area contributed by atoms with Crippen LogP contribution in [0, 0.1) is 13.8 Å². The van der Waals surface area contributed by atoms with E-state index >= 15 is 0 Å². The van der Waals surface area contributed by atoms with E-state index in [0.29, 0.717) is 10.8 Å². The van der Waals surface area contributed by atoms with Crippen molar-refractivity contribution in [2.75, 3.05) is 23.3 Å². The number of ether oxygens (including phenoxy) is 1. The Kier molecular flexibility index (Phi) is 9.14. The Morgan fingerprint density at radius 1 is 0.886 bits per heavy atom. The van der Waals surface area contributed by atoms with Gasteiger partial charge in [-0.05, 0) is 49.7 Å². The van der Waals surface area contributed by atoms with Crippen LogP contribution in [-0.4, -0.2) is 38.9 Å². The van der Waals surface area contributed by atoms with Gasteiger partial charge in [-0.3, -0.25) is 14.4 Å². The van der Waals surface area contributed by atoms with Crippen LogP contribution in [0.4, 0.5) is 10.8 Å². The number of aryl methyl sites for hydroxylation is 2. The minimum Gasteiger partial charge on any atom is -0.452 e. The molecule has 0 spiro atoms. The van der Waals surface area contributed by atoms with Gasteiger partial charge in [0.15, 0.2) is 11.7 Å². The van der Waals surface area contributed by atoms with E-state index in [-0.39, 0.29) is 15.5 Å². The summed E-state index contributed by atoms with van der Waals surface area (Å²) in [7, 11) is -2.60. The number of esters is 1. The van der Waals surface area contributed by atoms with Crippen molar-refractivity contribution in [3.8, 4) is 21.7 Å². The standard InChI is InChI=1S/C33H28ClN3O5S2/c1-21-9-13-23(14-10-21)30-31(24-15-11-22(2)12-16-24)43-33(36-30)35-29(38)20-42-32(39)27-19-26(17-18-28(27)34)44(40,41)37(3)25-7-5-4-6-8-25/h4-19H,20H2,1-3H3,(H,35,36,38). The van der Waals surface area contributed by atoms with E-state index in [2.05, 4.69) is 10.3 Å². The van der Waals surface area contributed by atoms with Crippen LogP contribution in [0.25, 0.3) is 21.7 Å². The van der Waals surface area contributed by atoms with Crippen LogP contribution in [0.3, 0.4) is 0 Å². The number of benzene rings is 4. The highest BCUT2D eigenvalue weighted by atomic mass is 35.5. The lowest BCUT2D eigenvalue weighted by atomic mass is 10.0. The Morgan fingerprint density at radius 2 is 1.50 bits per heavy atom. The van der Waals surface area contributed by atoms with Crippen molar-refractivity contribution in [2.24, 2.45) is 0 Å². The summed E-state index contributed by atoms with van der Waals surface area (Å²) in [4.78, 5) is 31.2. The van der Waals surface area contributed by atoms with Crippen molar-refractivity contribution >= 4 is 55.7 Å². The van der Waals surface area contributed by atoms with Gasteiger partial charge < -0.3 is 4.74 Å². The molecule has 1 heterocycles. The Labute approximate surface area is 265 Å². The Hall–Kier alpha value is -4.51. The highest BCUT2D eigenvalue weighted by Crippen LogP contribution is 2.39. The van der Waals surface area contributed by atoms with Crippen molar-refractivity contribution in [3.05, 3.63) is 119 Å². The highest BCUT2D eigenvalue weighted by molar-refractivity contribution is 7.92. The number of halogens is 1. The number of carbonyl (C=O) groups excluding carboxylic acids is 2. The number of aromatic nitrogens is 1. The molecule has 1 N–H and O–H groups in total. The zero-order valence-electron chi connectivity index (χ0n) is 24.1. The van der Waals surface area contributed by atoms with Crippen LogP contribution in [0.2, 0.25) is 5.02 Å². The third-order valence-electron chi connectivity index (χ3n) is 6.78. The number of rotatable bonds is 9. The SMILES string of the molecule is Cc1ccc(-c2nc(NC(=O)COC(=O)c3cc(S(=O)(=O)N(C)c4ccccc4)ccc3Cl)sc2-c2ccc(C)cc2)cc1. The maximum absolute atomic E-state index is 13.2. The summed E-state index contributed by atoms with van der Waals surface area (Å²) in [5, 5.41) is 3.04. The fourth-order valence-corrected chi connectivity index (χ4v) is 6.73. The molecule has 0 aliphatic carbocycles. The molecule has 11 heteroatoms. The van der Waals surface area contributed by atoms with Crippen LogP contribution in [0.1, 0.15) is 21.5 Å². The number of nitrogens with zero attached hydrogens (tertiary/aromatic N) is 2. The minimum atomic E-state index is -4.01. The fraction of sp³-hybridized carbons (Fsp3) is 0.121. The van der Waals surface area contributed by atoms with E-state index in [1.807, 2.05) is 62.4 Å². The van der Waals surface area contributed by atoms with Crippen molar-refractivity contribution in [3.63, 3.8) is 0 Å². The maximum Gasteiger partial charge on any atom is 0.340 e. The molecule has 0 unspecified atom stereocenters. The quantitative estimate of drug-likeness (QED) is 0.168. The molecule has 0 fully saturated rings. The molecule has 8 nitrogen and oxygen atoms in total. The zero-order chi connectivity index (χ0) is 31.4. The van der Waals surface area contributed by atoms with E-state index in [1.165, 1.54) is 30.5 Å². The van der Waals surface area contributed by atoms with Crippen molar-refractivity contribution < 1.29 is 22.7 Å². The third-order valence-corrected chi connectivity index (χ3v) is 9.91. The van der Waals surface area contributed by atoms with E-state index in [4.69, 9.17) is 16.3 Å². The number of amides is 1. The average molecular weight is 646 g/mol. The van der Waals surface area contributed by atoms with Crippen LogP contribution >= 0.6 is 22.9 Å². The van der Waals surface area contributed by atoms with Crippen molar-refractivity contribution in [1.82, 2.24) is 4.98 Å². The lowest BCUT2D eigenvalue weighted by molar-refractivity contribution is -0.119. The van der Waals surface area contributed by atoms with Gasteiger partial charge in [0, 0.05) is 12.6 Å². The van der Waals surface area contributed by atoms with Gasteiger partial charge in [0.1, 0.15) is 0 Å². The van der Waals surface area contributed by atoms with Gasteiger partial charge in [0.05, 0.1) is 31.7 Å². The van der Waals surface area contributed by atoms with Crippen LogP contribution in [0.15, 0.2) is 102 Å². The number of anilines is 2. The predicted octanol–water partition coefficient (Wildman–Crippen LogP) is 7.37. The lowest BCUT2D eigenvalue weighted by Gasteiger charge is -2.20. The lowest BCUT2D eigenvalue weighted by Crippen LogP contribution is -2.27. The number of hydrogen-bond acceptors (Lipinski definition) is 7. The van der Waals surface area contributed by atoms with E-state index in [0.717, 1.165) is 43.2 Å². The second kappa shape index (κ2) is 13.0. The minimum absolute atomic E-state index is 0.0119. The number of thiazole rings is 1. The topological polar surface area (TPSA) is 106 Å². The molecule has 0 aliphatic rings. The molecule has 4 aromatic carbocycles. The van der Waals surface area contributed by atoms with Gasteiger partial charge in [-0.2, -0.15) is 0 Å². The molecule has 1 amide bonds. The summed E-state index contributed by atoms with van der Waals surface area (Å²) in [6, 6.07) is 28.2. The monoisotopic (exact) mass is 645 g/mol. The Balaban J connectivity index is 1.31. The smallest absolute Gasteiger partial charge is 0.340 e. The highest BCUT2D eigenvalue weighted by Gasteiger charge is 2.25.